The van der Waals surface area contributed by atoms with Crippen LogP contribution in [0.4, 0.5) is 10.1 Å². The molecule has 0 aliphatic heterocycles. The van der Waals surface area contributed by atoms with E-state index in [4.69, 9.17) is 16.7 Å². The zero-order chi connectivity index (χ0) is 15.0. The fourth-order valence-electron chi connectivity index (χ4n) is 1.46. The van der Waals surface area contributed by atoms with E-state index in [0.29, 0.717) is 19.4 Å². The summed E-state index contributed by atoms with van der Waals surface area (Å²) < 4.78 is 12.9. The van der Waals surface area contributed by atoms with E-state index >= 15 is 0 Å². The summed E-state index contributed by atoms with van der Waals surface area (Å²) in [5.41, 5.74) is 0.247. The van der Waals surface area contributed by atoms with Gasteiger partial charge in [0.05, 0.1) is 5.02 Å². The monoisotopic (exact) mass is 302 g/mol. The van der Waals surface area contributed by atoms with Gasteiger partial charge in [0.2, 0.25) is 0 Å². The summed E-state index contributed by atoms with van der Waals surface area (Å²) in [7, 11) is 0. The van der Waals surface area contributed by atoms with Crippen molar-refractivity contribution in [2.45, 2.75) is 19.3 Å². The molecule has 5 nitrogen and oxygen atoms in total. The van der Waals surface area contributed by atoms with E-state index in [1.165, 1.54) is 12.1 Å². The maximum absolute atomic E-state index is 12.9. The molecule has 1 rings (SSSR count). The molecule has 0 aliphatic rings. The molecule has 0 heterocycles. The molecule has 20 heavy (non-hydrogen) atoms. The van der Waals surface area contributed by atoms with Crippen LogP contribution in [0.2, 0.25) is 5.02 Å². The van der Waals surface area contributed by atoms with Gasteiger partial charge >= 0.3 is 11.8 Å². The van der Waals surface area contributed by atoms with E-state index in [2.05, 4.69) is 10.6 Å². The Morgan fingerprint density at radius 2 is 1.95 bits per heavy atom. The number of unbranched alkanes of at least 4 members (excludes halogenated alkanes) is 2. The number of hydrogen-bond acceptors (Lipinski definition) is 3. The molecule has 0 saturated carbocycles. The van der Waals surface area contributed by atoms with E-state index < -0.39 is 17.6 Å². The molecule has 0 spiro atoms. The van der Waals surface area contributed by atoms with Crippen molar-refractivity contribution in [3.05, 3.63) is 29.0 Å². The summed E-state index contributed by atoms with van der Waals surface area (Å²) in [6, 6.07) is 3.64. The minimum Gasteiger partial charge on any atom is -0.396 e. The highest BCUT2D eigenvalue weighted by Crippen LogP contribution is 2.19. The van der Waals surface area contributed by atoms with E-state index in [0.717, 1.165) is 12.5 Å². The molecule has 7 heteroatoms. The lowest BCUT2D eigenvalue weighted by atomic mass is 10.2. The first kappa shape index (κ1) is 16.4. The van der Waals surface area contributed by atoms with Crippen molar-refractivity contribution in [2.75, 3.05) is 18.5 Å². The van der Waals surface area contributed by atoms with Crippen molar-refractivity contribution in [1.82, 2.24) is 5.32 Å². The molecule has 0 atom stereocenters. The van der Waals surface area contributed by atoms with Crippen LogP contribution < -0.4 is 10.6 Å². The number of hydrogen-bond donors (Lipinski definition) is 3. The first-order valence-corrected chi connectivity index (χ1v) is 6.57. The second-order valence-corrected chi connectivity index (χ2v) is 4.53. The third-order valence-electron chi connectivity index (χ3n) is 2.50. The number of carbonyl (C=O) groups is 2. The number of rotatable bonds is 6. The summed E-state index contributed by atoms with van der Waals surface area (Å²) in [6.45, 7) is 0.468. The number of aliphatic hydroxyl groups is 1. The average molecular weight is 303 g/mol. The molecule has 1 aromatic rings. The molecule has 1 aromatic carbocycles. The predicted molar refractivity (Wildman–Crippen MR) is 74.0 cm³/mol. The lowest BCUT2D eigenvalue weighted by Gasteiger charge is -2.07. The Kier molecular flexibility index (Phi) is 6.97. The Bertz CT molecular complexity index is 483. The Hall–Kier alpha value is -1.66. The van der Waals surface area contributed by atoms with Crippen LogP contribution in [0.1, 0.15) is 19.3 Å². The van der Waals surface area contributed by atoms with Crippen LogP contribution in [-0.4, -0.2) is 30.1 Å². The van der Waals surface area contributed by atoms with Crippen LogP contribution in [0.25, 0.3) is 0 Å². The van der Waals surface area contributed by atoms with Gasteiger partial charge in [0.15, 0.2) is 0 Å². The summed E-state index contributed by atoms with van der Waals surface area (Å²) >= 11 is 5.56. The highest BCUT2D eigenvalue weighted by molar-refractivity contribution is 6.39. The molecule has 0 radical (unpaired) electrons. The number of anilines is 1. The molecule has 0 saturated heterocycles. The van der Waals surface area contributed by atoms with Gasteiger partial charge in [-0.3, -0.25) is 9.59 Å². The quantitative estimate of drug-likeness (QED) is 0.553. The zero-order valence-corrected chi connectivity index (χ0v) is 11.5. The van der Waals surface area contributed by atoms with E-state index in [1.807, 2.05) is 0 Å². The number of nitrogens with one attached hydrogen (secondary N) is 2. The Morgan fingerprint density at radius 1 is 1.20 bits per heavy atom. The highest BCUT2D eigenvalue weighted by atomic mass is 35.5. The molecule has 0 aromatic heterocycles. The Balaban J connectivity index is 2.37. The van der Waals surface area contributed by atoms with Crippen molar-refractivity contribution in [3.8, 4) is 0 Å². The van der Waals surface area contributed by atoms with Gasteiger partial charge in [-0.15, -0.1) is 0 Å². The predicted octanol–water partition coefficient (Wildman–Crippen LogP) is 1.70. The van der Waals surface area contributed by atoms with Crippen molar-refractivity contribution in [3.63, 3.8) is 0 Å². The van der Waals surface area contributed by atoms with Gasteiger partial charge in [0.25, 0.3) is 0 Å². The molecule has 2 amide bonds. The van der Waals surface area contributed by atoms with Gasteiger partial charge in [0, 0.05) is 18.8 Å². The third-order valence-corrected chi connectivity index (χ3v) is 2.79. The average Bonchev–Trinajstić information content (AvgIpc) is 2.42. The first-order chi connectivity index (χ1) is 9.54. The van der Waals surface area contributed by atoms with Gasteiger partial charge in [-0.1, -0.05) is 11.6 Å². The van der Waals surface area contributed by atoms with Crippen molar-refractivity contribution in [2.24, 2.45) is 0 Å². The van der Waals surface area contributed by atoms with Crippen molar-refractivity contribution < 1.29 is 19.1 Å². The zero-order valence-electron chi connectivity index (χ0n) is 10.8. The molecule has 0 fully saturated rings. The summed E-state index contributed by atoms with van der Waals surface area (Å²) in [4.78, 5) is 23.0. The lowest BCUT2D eigenvalue weighted by Crippen LogP contribution is -2.35. The molecule has 110 valence electrons. The fourth-order valence-corrected chi connectivity index (χ4v) is 1.64. The van der Waals surface area contributed by atoms with Crippen LogP contribution in [0.15, 0.2) is 18.2 Å². The summed E-state index contributed by atoms with van der Waals surface area (Å²) in [5, 5.41) is 13.2. The molecule has 3 N–H and O–H groups in total. The van der Waals surface area contributed by atoms with E-state index in [-0.39, 0.29) is 17.3 Å². The summed E-state index contributed by atoms with van der Waals surface area (Å²) in [5.74, 6) is -2.21. The SMILES string of the molecule is O=C(NCCCCCO)C(=O)Nc1ccc(F)c(Cl)c1. The van der Waals surface area contributed by atoms with Gasteiger partial charge in [-0.25, -0.2) is 4.39 Å². The van der Waals surface area contributed by atoms with E-state index in [9.17, 15) is 14.0 Å². The number of benzene rings is 1. The first-order valence-electron chi connectivity index (χ1n) is 6.19. The lowest BCUT2D eigenvalue weighted by molar-refractivity contribution is -0.136. The van der Waals surface area contributed by atoms with E-state index in [1.54, 1.807) is 0 Å². The smallest absolute Gasteiger partial charge is 0.313 e. The second kappa shape index (κ2) is 8.50. The fraction of sp³-hybridized carbons (Fsp3) is 0.385. The maximum Gasteiger partial charge on any atom is 0.313 e. The standard InChI is InChI=1S/C13H16ClFN2O3/c14-10-8-9(4-5-11(10)15)17-13(20)12(19)16-6-2-1-3-7-18/h4-5,8,18H,1-3,6-7H2,(H,16,19)(H,17,20). The van der Waals surface area contributed by atoms with Gasteiger partial charge in [-0.05, 0) is 37.5 Å². The number of carbonyl (C=O) groups excluding carboxylic acids is 2. The number of halogens is 2. The normalized spacial score (nSPS) is 10.2. The third kappa shape index (κ3) is 5.54. The van der Waals surface area contributed by atoms with Crippen LogP contribution in [0.5, 0.6) is 0 Å². The second-order valence-electron chi connectivity index (χ2n) is 4.12. The highest BCUT2D eigenvalue weighted by Gasteiger charge is 2.13. The Morgan fingerprint density at radius 3 is 2.60 bits per heavy atom. The van der Waals surface area contributed by atoms with Gasteiger partial charge in [-0.2, -0.15) is 0 Å². The number of amides is 2. The molecule has 0 aliphatic carbocycles. The molecule has 0 bridgehead atoms. The van der Waals surface area contributed by atoms with Crippen LogP contribution in [0.3, 0.4) is 0 Å². The topological polar surface area (TPSA) is 78.4 Å². The van der Waals surface area contributed by atoms with Crippen molar-refractivity contribution >= 4 is 29.1 Å². The summed E-state index contributed by atoms with van der Waals surface area (Å²) in [6.07, 6.45) is 2.12. The van der Waals surface area contributed by atoms with Crippen LogP contribution in [0, 0.1) is 5.82 Å². The molecule has 0 unspecified atom stereocenters. The minimum atomic E-state index is -0.838. The Labute approximate surface area is 121 Å². The van der Waals surface area contributed by atoms with Crippen LogP contribution in [-0.2, 0) is 9.59 Å². The van der Waals surface area contributed by atoms with Gasteiger partial charge < -0.3 is 15.7 Å². The number of aliphatic hydroxyl groups excluding tert-OH is 1. The largest absolute Gasteiger partial charge is 0.396 e. The maximum atomic E-state index is 12.9. The van der Waals surface area contributed by atoms with Crippen LogP contribution >= 0.6 is 11.6 Å². The molecular weight excluding hydrogens is 287 g/mol. The van der Waals surface area contributed by atoms with Crippen molar-refractivity contribution in [1.29, 1.82) is 0 Å². The van der Waals surface area contributed by atoms with Gasteiger partial charge in [0.1, 0.15) is 5.82 Å². The minimum absolute atomic E-state index is 0.111. The molecular formula is C13H16ClFN2O3.